The number of nitrogens with zero attached hydrogens (tertiary/aromatic N) is 4. The number of methoxy groups -OCH3 is 1. The summed E-state index contributed by atoms with van der Waals surface area (Å²) in [6.45, 7) is 2.33. The molecule has 0 unspecified atom stereocenters. The minimum atomic E-state index is -0.00319. The molecule has 0 bridgehead atoms. The molecule has 176 valence electrons. The van der Waals surface area contributed by atoms with Crippen LogP contribution < -0.4 is 15.0 Å². The number of carbonyl (C=O) groups is 1. The normalized spacial score (nSPS) is 16.0. The summed E-state index contributed by atoms with van der Waals surface area (Å²) >= 11 is 1.57. The second kappa shape index (κ2) is 10.3. The summed E-state index contributed by atoms with van der Waals surface area (Å²) < 4.78 is 7.07. The summed E-state index contributed by atoms with van der Waals surface area (Å²) in [5.74, 6) is 0.975. The molecule has 8 heteroatoms. The molecule has 1 amide bonds. The maximum absolute atomic E-state index is 12.8. The maximum Gasteiger partial charge on any atom is 0.224 e. The number of amides is 1. The van der Waals surface area contributed by atoms with E-state index in [-0.39, 0.29) is 11.8 Å². The average Bonchev–Trinajstić information content (AvgIpc) is 3.47. The van der Waals surface area contributed by atoms with Gasteiger partial charge >= 0.3 is 0 Å². The SMILES string of the molecule is COc1ccc(-c2cn3nc(N4CCC[C@@H](C(=O)NCCCc5ccccc5)C4)sc3n2)cc1. The van der Waals surface area contributed by atoms with Crippen LogP contribution in [0.5, 0.6) is 5.75 Å². The summed E-state index contributed by atoms with van der Waals surface area (Å²) in [5, 5.41) is 8.82. The molecular formula is C26H29N5O2S. The van der Waals surface area contributed by atoms with E-state index in [0.717, 1.165) is 59.3 Å². The van der Waals surface area contributed by atoms with Crippen molar-refractivity contribution in [1.29, 1.82) is 0 Å². The number of anilines is 1. The van der Waals surface area contributed by atoms with Gasteiger partial charge in [-0.15, -0.1) is 5.10 Å². The number of benzene rings is 2. The summed E-state index contributed by atoms with van der Waals surface area (Å²) in [6.07, 6.45) is 5.80. The fourth-order valence-corrected chi connectivity index (χ4v) is 5.29. The second-order valence-corrected chi connectivity index (χ2v) is 9.57. The lowest BCUT2D eigenvalue weighted by Crippen LogP contribution is -2.43. The molecule has 1 atom stereocenters. The molecule has 1 fully saturated rings. The van der Waals surface area contributed by atoms with Crippen molar-refractivity contribution in [2.24, 2.45) is 5.92 Å². The molecule has 0 radical (unpaired) electrons. The Morgan fingerprint density at radius 1 is 1.18 bits per heavy atom. The van der Waals surface area contributed by atoms with E-state index in [1.54, 1.807) is 18.4 Å². The van der Waals surface area contributed by atoms with Crippen molar-refractivity contribution in [3.8, 4) is 17.0 Å². The van der Waals surface area contributed by atoms with Crippen LogP contribution in [0.3, 0.4) is 0 Å². The monoisotopic (exact) mass is 475 g/mol. The lowest BCUT2D eigenvalue weighted by molar-refractivity contribution is -0.125. The van der Waals surface area contributed by atoms with E-state index in [0.29, 0.717) is 13.1 Å². The lowest BCUT2D eigenvalue weighted by atomic mass is 9.97. The first-order chi connectivity index (χ1) is 16.7. The van der Waals surface area contributed by atoms with E-state index in [1.807, 2.05) is 41.0 Å². The predicted molar refractivity (Wildman–Crippen MR) is 136 cm³/mol. The molecule has 1 N–H and O–H groups in total. The van der Waals surface area contributed by atoms with Gasteiger partial charge in [0.2, 0.25) is 16.0 Å². The van der Waals surface area contributed by atoms with Crippen LogP contribution >= 0.6 is 11.3 Å². The highest BCUT2D eigenvalue weighted by atomic mass is 32.1. The lowest BCUT2D eigenvalue weighted by Gasteiger charge is -2.31. The number of imidazole rings is 1. The zero-order valence-corrected chi connectivity index (χ0v) is 20.1. The van der Waals surface area contributed by atoms with E-state index >= 15 is 0 Å². The Balaban J connectivity index is 1.17. The first-order valence-corrected chi connectivity index (χ1v) is 12.6. The summed E-state index contributed by atoms with van der Waals surface area (Å²) in [7, 11) is 1.66. The number of ether oxygens (including phenoxy) is 1. The molecule has 0 saturated carbocycles. The molecule has 34 heavy (non-hydrogen) atoms. The van der Waals surface area contributed by atoms with E-state index in [1.165, 1.54) is 5.56 Å². The van der Waals surface area contributed by atoms with Gasteiger partial charge in [0, 0.05) is 25.2 Å². The summed E-state index contributed by atoms with van der Waals surface area (Å²) in [4.78, 5) is 20.6. The van der Waals surface area contributed by atoms with Crippen LogP contribution in [0.2, 0.25) is 0 Å². The number of fused-ring (bicyclic) bond motifs is 1. The van der Waals surface area contributed by atoms with Crippen LogP contribution in [0.15, 0.2) is 60.8 Å². The van der Waals surface area contributed by atoms with Gasteiger partial charge in [0.15, 0.2) is 0 Å². The van der Waals surface area contributed by atoms with Crippen LogP contribution in [0, 0.1) is 5.92 Å². The van der Waals surface area contributed by atoms with Gasteiger partial charge < -0.3 is 15.0 Å². The molecule has 5 rings (SSSR count). The number of hydrogen-bond donors (Lipinski definition) is 1. The minimum Gasteiger partial charge on any atom is -0.497 e. The van der Waals surface area contributed by atoms with Gasteiger partial charge in [0.25, 0.3) is 0 Å². The summed E-state index contributed by atoms with van der Waals surface area (Å²) in [5.41, 5.74) is 3.23. The molecule has 0 aliphatic carbocycles. The molecule has 7 nitrogen and oxygen atoms in total. The Bertz CT molecular complexity index is 1200. The molecule has 3 heterocycles. The van der Waals surface area contributed by atoms with Gasteiger partial charge in [-0.25, -0.2) is 9.50 Å². The zero-order valence-electron chi connectivity index (χ0n) is 19.3. The number of hydrogen-bond acceptors (Lipinski definition) is 6. The first kappa shape index (κ1) is 22.4. The number of aryl methyl sites for hydroxylation is 1. The van der Waals surface area contributed by atoms with Crippen LogP contribution in [-0.4, -0.2) is 47.2 Å². The Labute approximate surface area is 203 Å². The molecule has 2 aromatic heterocycles. The van der Waals surface area contributed by atoms with Gasteiger partial charge in [-0.05, 0) is 55.5 Å². The molecule has 2 aromatic carbocycles. The summed E-state index contributed by atoms with van der Waals surface area (Å²) in [6, 6.07) is 18.3. The number of aromatic nitrogens is 3. The predicted octanol–water partition coefficient (Wildman–Crippen LogP) is 4.43. The fraction of sp³-hybridized carbons (Fsp3) is 0.346. The van der Waals surface area contributed by atoms with E-state index < -0.39 is 0 Å². The zero-order chi connectivity index (χ0) is 23.3. The van der Waals surface area contributed by atoms with Crippen molar-refractivity contribution in [2.75, 3.05) is 31.6 Å². The van der Waals surface area contributed by atoms with Gasteiger partial charge in [-0.2, -0.15) is 0 Å². The highest BCUT2D eigenvalue weighted by Crippen LogP contribution is 2.30. The van der Waals surface area contributed by atoms with Gasteiger partial charge in [-0.3, -0.25) is 4.79 Å². The van der Waals surface area contributed by atoms with Gasteiger partial charge in [0.1, 0.15) is 5.75 Å². The molecule has 1 saturated heterocycles. The molecule has 4 aromatic rings. The number of rotatable bonds is 8. The van der Waals surface area contributed by atoms with Crippen molar-refractivity contribution in [1.82, 2.24) is 19.9 Å². The average molecular weight is 476 g/mol. The highest BCUT2D eigenvalue weighted by Gasteiger charge is 2.27. The van der Waals surface area contributed by atoms with Crippen LogP contribution in [0.25, 0.3) is 16.2 Å². The van der Waals surface area contributed by atoms with Crippen LogP contribution in [0.4, 0.5) is 5.13 Å². The molecule has 1 aliphatic heterocycles. The van der Waals surface area contributed by atoms with Crippen molar-refractivity contribution in [3.63, 3.8) is 0 Å². The van der Waals surface area contributed by atoms with Crippen molar-refractivity contribution >= 4 is 27.3 Å². The molecule has 1 aliphatic rings. The van der Waals surface area contributed by atoms with E-state index in [4.69, 9.17) is 14.8 Å². The third-order valence-electron chi connectivity index (χ3n) is 6.27. The number of piperidine rings is 1. The second-order valence-electron chi connectivity index (χ2n) is 8.63. The Hall–Kier alpha value is -3.39. The Morgan fingerprint density at radius 3 is 2.76 bits per heavy atom. The largest absolute Gasteiger partial charge is 0.497 e. The topological polar surface area (TPSA) is 71.8 Å². The van der Waals surface area contributed by atoms with E-state index in [9.17, 15) is 4.79 Å². The number of carbonyl (C=O) groups excluding carboxylic acids is 1. The highest BCUT2D eigenvalue weighted by molar-refractivity contribution is 7.20. The van der Waals surface area contributed by atoms with Crippen LogP contribution in [-0.2, 0) is 11.2 Å². The molecular weight excluding hydrogens is 446 g/mol. The Morgan fingerprint density at radius 2 is 2.00 bits per heavy atom. The minimum absolute atomic E-state index is 0.00319. The van der Waals surface area contributed by atoms with Crippen molar-refractivity contribution in [2.45, 2.75) is 25.7 Å². The van der Waals surface area contributed by atoms with Crippen LogP contribution in [0.1, 0.15) is 24.8 Å². The van der Waals surface area contributed by atoms with Gasteiger partial charge in [0.05, 0.1) is 24.9 Å². The first-order valence-electron chi connectivity index (χ1n) is 11.8. The Kier molecular flexibility index (Phi) is 6.76. The fourth-order valence-electron chi connectivity index (χ4n) is 4.38. The molecule has 0 spiro atoms. The van der Waals surface area contributed by atoms with Crippen molar-refractivity contribution < 1.29 is 9.53 Å². The smallest absolute Gasteiger partial charge is 0.224 e. The quantitative estimate of drug-likeness (QED) is 0.382. The maximum atomic E-state index is 12.8. The number of nitrogens with one attached hydrogen (secondary N) is 1. The third kappa shape index (κ3) is 5.07. The van der Waals surface area contributed by atoms with Gasteiger partial charge in [-0.1, -0.05) is 41.7 Å². The third-order valence-corrected chi connectivity index (χ3v) is 7.25. The standard InChI is InChI=1S/C26H29N5O2S/c1-33-22-13-11-20(12-14-22)23-18-31-25(28-23)34-26(29-31)30-16-6-10-21(17-30)24(32)27-15-5-9-19-7-3-2-4-8-19/h2-4,7-8,11-14,18,21H,5-6,9-10,15-17H2,1H3,(H,27,32)/t21-/m1/s1. The van der Waals surface area contributed by atoms with Crippen molar-refractivity contribution in [3.05, 3.63) is 66.4 Å². The van der Waals surface area contributed by atoms with E-state index in [2.05, 4.69) is 34.5 Å².